The van der Waals surface area contributed by atoms with Crippen LogP contribution in [0.1, 0.15) is 11.1 Å². The summed E-state index contributed by atoms with van der Waals surface area (Å²) in [5.41, 5.74) is 5.06. The summed E-state index contributed by atoms with van der Waals surface area (Å²) in [4.78, 5) is 0. The van der Waals surface area contributed by atoms with Crippen LogP contribution in [-0.4, -0.2) is 7.11 Å². The molecular weight excluding hydrogens is 256 g/mol. The molecule has 0 radical (unpaired) electrons. The van der Waals surface area contributed by atoms with E-state index in [0.717, 1.165) is 12.2 Å². The molecule has 0 N–H and O–H groups in total. The molecule has 0 atom stereocenters. The lowest BCUT2D eigenvalue weighted by atomic mass is 9.99. The van der Waals surface area contributed by atoms with Gasteiger partial charge in [-0.15, -0.1) is 0 Å². The van der Waals surface area contributed by atoms with Gasteiger partial charge in [-0.1, -0.05) is 66.7 Å². The molecule has 0 saturated carbocycles. The first kappa shape index (κ1) is 13.4. The molecule has 0 saturated heterocycles. The van der Waals surface area contributed by atoms with E-state index >= 15 is 0 Å². The van der Waals surface area contributed by atoms with E-state index in [1.54, 1.807) is 7.11 Å². The number of hydrogen-bond acceptors (Lipinski definition) is 1. The zero-order valence-corrected chi connectivity index (χ0v) is 12.1. The SMILES string of the molecule is COc1cccc(-c2cccc(Cc3ccccc3)c2)c1. The van der Waals surface area contributed by atoms with E-state index in [1.807, 2.05) is 12.1 Å². The molecule has 0 unspecified atom stereocenters. The van der Waals surface area contributed by atoms with Crippen LogP contribution in [0.3, 0.4) is 0 Å². The Balaban J connectivity index is 1.89. The average molecular weight is 274 g/mol. The first-order chi connectivity index (χ1) is 10.3. The summed E-state index contributed by atoms with van der Waals surface area (Å²) in [5, 5.41) is 0. The number of benzene rings is 3. The first-order valence-electron chi connectivity index (χ1n) is 7.12. The molecule has 0 fully saturated rings. The summed E-state index contributed by atoms with van der Waals surface area (Å²) in [6, 6.07) is 27.4. The Bertz CT molecular complexity index is 717. The molecule has 3 aromatic carbocycles. The Morgan fingerprint density at radius 3 is 2.10 bits per heavy atom. The number of ether oxygens (including phenoxy) is 1. The molecule has 0 aliphatic carbocycles. The van der Waals surface area contributed by atoms with E-state index in [9.17, 15) is 0 Å². The molecule has 0 heterocycles. The summed E-state index contributed by atoms with van der Waals surface area (Å²) in [6.07, 6.45) is 0.957. The number of methoxy groups -OCH3 is 1. The highest BCUT2D eigenvalue weighted by atomic mass is 16.5. The van der Waals surface area contributed by atoms with Crippen LogP contribution in [0.4, 0.5) is 0 Å². The standard InChI is InChI=1S/C20H18O/c1-21-20-12-6-11-19(15-20)18-10-5-9-17(14-18)13-16-7-3-2-4-8-16/h2-12,14-15H,13H2,1H3. The van der Waals surface area contributed by atoms with Gasteiger partial charge in [0.15, 0.2) is 0 Å². The Labute approximate surface area is 125 Å². The van der Waals surface area contributed by atoms with Gasteiger partial charge in [0.25, 0.3) is 0 Å². The van der Waals surface area contributed by atoms with Gasteiger partial charge in [0, 0.05) is 0 Å². The fourth-order valence-electron chi connectivity index (χ4n) is 2.50. The van der Waals surface area contributed by atoms with Crippen molar-refractivity contribution >= 4 is 0 Å². The first-order valence-corrected chi connectivity index (χ1v) is 7.12. The van der Waals surface area contributed by atoms with Crippen molar-refractivity contribution in [3.8, 4) is 16.9 Å². The predicted molar refractivity (Wildman–Crippen MR) is 87.7 cm³/mol. The smallest absolute Gasteiger partial charge is 0.119 e. The van der Waals surface area contributed by atoms with Gasteiger partial charge in [0.2, 0.25) is 0 Å². The quantitative estimate of drug-likeness (QED) is 0.654. The number of rotatable bonds is 4. The van der Waals surface area contributed by atoms with E-state index in [0.29, 0.717) is 0 Å². The van der Waals surface area contributed by atoms with Crippen LogP contribution in [-0.2, 0) is 6.42 Å². The second kappa shape index (κ2) is 6.27. The lowest BCUT2D eigenvalue weighted by Gasteiger charge is -2.07. The van der Waals surface area contributed by atoms with Gasteiger partial charge in [0.05, 0.1) is 7.11 Å². The largest absolute Gasteiger partial charge is 0.497 e. The van der Waals surface area contributed by atoms with Gasteiger partial charge in [-0.2, -0.15) is 0 Å². The minimum atomic E-state index is 0.890. The Hall–Kier alpha value is -2.54. The van der Waals surface area contributed by atoms with Crippen molar-refractivity contribution in [2.24, 2.45) is 0 Å². The van der Waals surface area contributed by atoms with Crippen molar-refractivity contribution in [1.29, 1.82) is 0 Å². The zero-order valence-electron chi connectivity index (χ0n) is 12.1. The van der Waals surface area contributed by atoms with Crippen LogP contribution in [0.2, 0.25) is 0 Å². The molecule has 0 aliphatic rings. The van der Waals surface area contributed by atoms with Gasteiger partial charge >= 0.3 is 0 Å². The van der Waals surface area contributed by atoms with Crippen molar-refractivity contribution in [2.75, 3.05) is 7.11 Å². The topological polar surface area (TPSA) is 9.23 Å². The lowest BCUT2D eigenvalue weighted by molar-refractivity contribution is 0.415. The van der Waals surface area contributed by atoms with Crippen LogP contribution in [0.25, 0.3) is 11.1 Å². The van der Waals surface area contributed by atoms with Crippen LogP contribution < -0.4 is 4.74 Å². The summed E-state index contributed by atoms with van der Waals surface area (Å²) in [7, 11) is 1.70. The highest BCUT2D eigenvalue weighted by Crippen LogP contribution is 2.25. The van der Waals surface area contributed by atoms with Crippen LogP contribution >= 0.6 is 0 Å². The molecule has 0 bridgehead atoms. The van der Waals surface area contributed by atoms with Crippen LogP contribution in [0.15, 0.2) is 78.9 Å². The van der Waals surface area contributed by atoms with Gasteiger partial charge in [0.1, 0.15) is 5.75 Å². The van der Waals surface area contributed by atoms with Crippen molar-refractivity contribution in [3.05, 3.63) is 90.0 Å². The third-order valence-electron chi connectivity index (χ3n) is 3.58. The van der Waals surface area contributed by atoms with Gasteiger partial charge in [-0.25, -0.2) is 0 Å². The molecule has 0 amide bonds. The molecule has 104 valence electrons. The van der Waals surface area contributed by atoms with Gasteiger partial charge in [-0.05, 0) is 40.8 Å². The highest BCUT2D eigenvalue weighted by molar-refractivity contribution is 5.65. The van der Waals surface area contributed by atoms with Gasteiger partial charge < -0.3 is 4.74 Å². The average Bonchev–Trinajstić information content (AvgIpc) is 2.56. The van der Waals surface area contributed by atoms with E-state index in [1.165, 1.54) is 22.3 Å². The lowest BCUT2D eigenvalue weighted by Crippen LogP contribution is -1.89. The maximum absolute atomic E-state index is 5.30. The normalized spacial score (nSPS) is 10.3. The minimum Gasteiger partial charge on any atom is -0.497 e. The fraction of sp³-hybridized carbons (Fsp3) is 0.100. The van der Waals surface area contributed by atoms with E-state index in [-0.39, 0.29) is 0 Å². The molecule has 1 nitrogen and oxygen atoms in total. The summed E-state index contributed by atoms with van der Waals surface area (Å²) >= 11 is 0. The molecule has 0 aliphatic heterocycles. The summed E-state index contributed by atoms with van der Waals surface area (Å²) in [6.45, 7) is 0. The third-order valence-corrected chi connectivity index (χ3v) is 3.58. The van der Waals surface area contributed by atoms with E-state index in [2.05, 4.69) is 66.7 Å². The van der Waals surface area contributed by atoms with Crippen molar-refractivity contribution in [2.45, 2.75) is 6.42 Å². The Morgan fingerprint density at radius 2 is 1.33 bits per heavy atom. The molecule has 0 aromatic heterocycles. The monoisotopic (exact) mass is 274 g/mol. The molecule has 3 rings (SSSR count). The van der Waals surface area contributed by atoms with Crippen LogP contribution in [0, 0.1) is 0 Å². The molecule has 3 aromatic rings. The van der Waals surface area contributed by atoms with E-state index in [4.69, 9.17) is 4.74 Å². The second-order valence-electron chi connectivity index (χ2n) is 5.09. The van der Waals surface area contributed by atoms with Crippen molar-refractivity contribution < 1.29 is 4.74 Å². The van der Waals surface area contributed by atoms with Crippen LogP contribution in [0.5, 0.6) is 5.75 Å². The van der Waals surface area contributed by atoms with Gasteiger partial charge in [-0.3, -0.25) is 0 Å². The van der Waals surface area contributed by atoms with E-state index < -0.39 is 0 Å². The number of hydrogen-bond donors (Lipinski definition) is 0. The molecular formula is C20H18O. The molecule has 1 heteroatoms. The summed E-state index contributed by atoms with van der Waals surface area (Å²) < 4.78 is 5.30. The maximum Gasteiger partial charge on any atom is 0.119 e. The predicted octanol–water partition coefficient (Wildman–Crippen LogP) is 4.95. The zero-order chi connectivity index (χ0) is 14.5. The second-order valence-corrected chi connectivity index (χ2v) is 5.09. The third kappa shape index (κ3) is 3.32. The maximum atomic E-state index is 5.30. The minimum absolute atomic E-state index is 0.890. The Kier molecular flexibility index (Phi) is 4.02. The molecule has 0 spiro atoms. The van der Waals surface area contributed by atoms with Crippen molar-refractivity contribution in [1.82, 2.24) is 0 Å². The fourth-order valence-corrected chi connectivity index (χ4v) is 2.50. The highest BCUT2D eigenvalue weighted by Gasteiger charge is 2.02. The Morgan fingerprint density at radius 1 is 0.667 bits per heavy atom. The molecule has 21 heavy (non-hydrogen) atoms. The van der Waals surface area contributed by atoms with Crippen molar-refractivity contribution in [3.63, 3.8) is 0 Å². The summed E-state index contributed by atoms with van der Waals surface area (Å²) in [5.74, 6) is 0.890.